The van der Waals surface area contributed by atoms with Crippen molar-refractivity contribution >= 4 is 45.7 Å². The fourth-order valence-corrected chi connectivity index (χ4v) is 4.68. The summed E-state index contributed by atoms with van der Waals surface area (Å²) in [7, 11) is 0. The van der Waals surface area contributed by atoms with Crippen molar-refractivity contribution in [3.05, 3.63) is 63.0 Å². The van der Waals surface area contributed by atoms with Crippen LogP contribution in [0.5, 0.6) is 0 Å². The van der Waals surface area contributed by atoms with Gasteiger partial charge in [-0.05, 0) is 68.2 Å². The molecule has 1 aliphatic heterocycles. The summed E-state index contributed by atoms with van der Waals surface area (Å²) in [6, 6.07) is 12.0. The van der Waals surface area contributed by atoms with E-state index in [0.29, 0.717) is 10.1 Å². The lowest BCUT2D eigenvalue weighted by atomic mass is 10.0. The minimum absolute atomic E-state index is 0.0394. The Bertz CT molecular complexity index is 1070. The smallest absolute Gasteiger partial charge is 0.326 e. The molecule has 5 nitrogen and oxygen atoms in total. The van der Waals surface area contributed by atoms with Gasteiger partial charge in [-0.15, -0.1) is 0 Å². The van der Waals surface area contributed by atoms with Crippen LogP contribution >= 0.6 is 23.8 Å². The van der Waals surface area contributed by atoms with Gasteiger partial charge < -0.3 is 15.2 Å². The van der Waals surface area contributed by atoms with Gasteiger partial charge in [-0.3, -0.25) is 4.57 Å². The van der Waals surface area contributed by atoms with E-state index < -0.39 is 0 Å². The third-order valence-corrected chi connectivity index (χ3v) is 6.06. The van der Waals surface area contributed by atoms with Gasteiger partial charge in [0.2, 0.25) is 0 Å². The lowest BCUT2D eigenvalue weighted by Crippen LogP contribution is -2.42. The number of fused-ring (bicyclic) bond motifs is 1. The summed E-state index contributed by atoms with van der Waals surface area (Å²) in [5.41, 5.74) is 4.89. The first-order valence-electron chi connectivity index (χ1n) is 9.46. The summed E-state index contributed by atoms with van der Waals surface area (Å²) in [5, 5.41) is 4.68. The molecule has 0 spiro atoms. The number of hydrogen-bond donors (Lipinski definition) is 2. The number of nitrogens with zero attached hydrogens (tertiary/aromatic N) is 2. The van der Waals surface area contributed by atoms with Gasteiger partial charge in [0.15, 0.2) is 5.11 Å². The second-order valence-corrected chi connectivity index (χ2v) is 8.20. The molecule has 1 aliphatic rings. The topological polar surface area (TPSA) is 53.1 Å². The first-order valence-corrected chi connectivity index (χ1v) is 10.2. The van der Waals surface area contributed by atoms with Crippen molar-refractivity contribution in [2.45, 2.75) is 32.7 Å². The molecule has 3 aromatic rings. The van der Waals surface area contributed by atoms with E-state index in [9.17, 15) is 4.79 Å². The second-order valence-electron chi connectivity index (χ2n) is 7.40. The van der Waals surface area contributed by atoms with E-state index in [4.69, 9.17) is 23.8 Å². The van der Waals surface area contributed by atoms with Gasteiger partial charge in [0.1, 0.15) is 0 Å². The van der Waals surface area contributed by atoms with Crippen LogP contribution in [0.3, 0.4) is 0 Å². The van der Waals surface area contributed by atoms with Crippen molar-refractivity contribution in [2.24, 2.45) is 0 Å². The second kappa shape index (κ2) is 7.60. The normalized spacial score (nSPS) is 15.2. The fourth-order valence-electron chi connectivity index (χ4n) is 4.02. The average Bonchev–Trinajstić information content (AvgIpc) is 3.00. The van der Waals surface area contributed by atoms with Crippen LogP contribution in [0.2, 0.25) is 5.02 Å². The Morgan fingerprint density at radius 1 is 1.21 bits per heavy atom. The molecule has 4 rings (SSSR count). The Hall–Kier alpha value is -2.31. The van der Waals surface area contributed by atoms with Gasteiger partial charge in [0, 0.05) is 19.1 Å². The van der Waals surface area contributed by atoms with Gasteiger partial charge in [-0.1, -0.05) is 29.8 Å². The number of thiocarbonyl (C=S) groups is 1. The Morgan fingerprint density at radius 2 is 1.93 bits per heavy atom. The number of aromatic amines is 1. The van der Waals surface area contributed by atoms with Gasteiger partial charge in [-0.25, -0.2) is 4.79 Å². The summed E-state index contributed by atoms with van der Waals surface area (Å²) in [4.78, 5) is 17.5. The maximum atomic E-state index is 12.4. The summed E-state index contributed by atoms with van der Waals surface area (Å²) in [6.45, 7) is 5.65. The fraction of sp³-hybridized carbons (Fsp3) is 0.333. The molecule has 1 aromatic heterocycles. The number of aryl methyl sites for hydroxylation is 2. The van der Waals surface area contributed by atoms with Crippen LogP contribution in [-0.4, -0.2) is 32.7 Å². The van der Waals surface area contributed by atoms with E-state index in [-0.39, 0.29) is 11.7 Å². The summed E-state index contributed by atoms with van der Waals surface area (Å²) < 4.78 is 1.89. The zero-order chi connectivity index (χ0) is 19.8. The van der Waals surface area contributed by atoms with Gasteiger partial charge in [0.05, 0.1) is 21.7 Å². The Balaban J connectivity index is 1.46. The molecule has 0 unspecified atom stereocenters. The molecule has 0 amide bonds. The first kappa shape index (κ1) is 19.0. The van der Waals surface area contributed by atoms with Crippen LogP contribution in [0.1, 0.15) is 30.0 Å². The number of piperidine rings is 1. The molecule has 7 heteroatoms. The van der Waals surface area contributed by atoms with Crippen molar-refractivity contribution in [1.82, 2.24) is 14.5 Å². The Kier molecular flexibility index (Phi) is 5.17. The molecular weight excluding hydrogens is 392 g/mol. The number of imidazole rings is 1. The highest BCUT2D eigenvalue weighted by Crippen LogP contribution is 2.29. The van der Waals surface area contributed by atoms with E-state index in [0.717, 1.165) is 53.8 Å². The van der Waals surface area contributed by atoms with Crippen molar-refractivity contribution in [3.63, 3.8) is 0 Å². The van der Waals surface area contributed by atoms with E-state index in [1.807, 2.05) is 48.7 Å². The van der Waals surface area contributed by atoms with E-state index in [1.54, 1.807) is 0 Å². The molecule has 2 N–H and O–H groups in total. The zero-order valence-electron chi connectivity index (χ0n) is 16.0. The molecular formula is C21H23ClN4OS. The average molecular weight is 415 g/mol. The molecule has 0 bridgehead atoms. The van der Waals surface area contributed by atoms with Crippen molar-refractivity contribution in [3.8, 4) is 0 Å². The molecule has 0 atom stereocenters. The lowest BCUT2D eigenvalue weighted by molar-refractivity contribution is 0.269. The molecule has 28 heavy (non-hydrogen) atoms. The monoisotopic (exact) mass is 414 g/mol. The summed E-state index contributed by atoms with van der Waals surface area (Å²) in [5.74, 6) is 0. The summed E-state index contributed by atoms with van der Waals surface area (Å²) in [6.07, 6.45) is 1.73. The highest BCUT2D eigenvalue weighted by atomic mass is 35.5. The zero-order valence-corrected chi connectivity index (χ0v) is 17.5. The predicted molar refractivity (Wildman–Crippen MR) is 120 cm³/mol. The number of benzene rings is 2. The van der Waals surface area contributed by atoms with Crippen molar-refractivity contribution < 1.29 is 0 Å². The maximum absolute atomic E-state index is 12.4. The number of hydrogen-bond acceptors (Lipinski definition) is 2. The van der Waals surface area contributed by atoms with Crippen LogP contribution in [0.25, 0.3) is 11.0 Å². The number of nitrogens with one attached hydrogen (secondary N) is 2. The molecule has 0 radical (unpaired) electrons. The molecule has 1 saturated heterocycles. The highest BCUT2D eigenvalue weighted by Gasteiger charge is 2.25. The van der Waals surface area contributed by atoms with Gasteiger partial charge in [0.25, 0.3) is 0 Å². The number of aromatic nitrogens is 2. The molecule has 2 heterocycles. The minimum Gasteiger partial charge on any atom is -0.349 e. The lowest BCUT2D eigenvalue weighted by Gasteiger charge is -2.34. The van der Waals surface area contributed by atoms with Crippen LogP contribution in [-0.2, 0) is 0 Å². The molecule has 1 fully saturated rings. The van der Waals surface area contributed by atoms with E-state index in [1.165, 1.54) is 0 Å². The van der Waals surface area contributed by atoms with Gasteiger partial charge in [-0.2, -0.15) is 0 Å². The van der Waals surface area contributed by atoms with E-state index >= 15 is 0 Å². The van der Waals surface area contributed by atoms with Crippen LogP contribution < -0.4 is 11.0 Å². The molecule has 0 saturated carbocycles. The molecule has 2 aromatic carbocycles. The largest absolute Gasteiger partial charge is 0.349 e. The number of anilines is 1. The standard InChI is InChI=1S/C21H23ClN4OS/c1-13-11-14(2)19(16(22)12-13)24-21(28)25-9-7-15(8-10-25)26-18-6-4-3-5-17(18)23-20(26)27/h3-6,11-12,15H,7-10H2,1-2H3,(H,23,27)(H,24,28). The highest BCUT2D eigenvalue weighted by molar-refractivity contribution is 7.80. The number of para-hydroxylation sites is 2. The number of H-pyrrole nitrogens is 1. The summed E-state index contributed by atoms with van der Waals surface area (Å²) >= 11 is 12.0. The molecule has 0 aliphatic carbocycles. The first-order chi connectivity index (χ1) is 13.4. The number of rotatable bonds is 2. The third kappa shape index (κ3) is 3.54. The van der Waals surface area contributed by atoms with Crippen LogP contribution in [0.15, 0.2) is 41.2 Å². The minimum atomic E-state index is -0.0394. The van der Waals surface area contributed by atoms with E-state index in [2.05, 4.69) is 21.3 Å². The Labute approximate surface area is 174 Å². The van der Waals surface area contributed by atoms with Crippen LogP contribution in [0.4, 0.5) is 5.69 Å². The maximum Gasteiger partial charge on any atom is 0.326 e. The van der Waals surface area contributed by atoms with Gasteiger partial charge >= 0.3 is 5.69 Å². The third-order valence-electron chi connectivity index (χ3n) is 5.40. The SMILES string of the molecule is Cc1cc(C)c(NC(=S)N2CCC(n3c(=O)[nH]c4ccccc43)CC2)c(Cl)c1. The molecule has 146 valence electrons. The van der Waals surface area contributed by atoms with Crippen molar-refractivity contribution in [1.29, 1.82) is 0 Å². The van der Waals surface area contributed by atoms with Crippen LogP contribution in [0, 0.1) is 13.8 Å². The predicted octanol–water partition coefficient (Wildman–Crippen LogP) is 4.63. The quantitative estimate of drug-likeness (QED) is 0.600. The number of likely N-dealkylation sites (tertiary alicyclic amines) is 1. The van der Waals surface area contributed by atoms with Crippen molar-refractivity contribution in [2.75, 3.05) is 18.4 Å². The Morgan fingerprint density at radius 3 is 2.64 bits per heavy atom. The number of halogens is 1.